The van der Waals surface area contributed by atoms with E-state index >= 15 is 0 Å². The minimum absolute atomic E-state index is 0.360. The van der Waals surface area contributed by atoms with Crippen LogP contribution in [0.2, 0.25) is 0 Å². The topological polar surface area (TPSA) is 29.1 Å². The molecule has 1 aromatic rings. The van der Waals surface area contributed by atoms with Gasteiger partial charge < -0.3 is 5.32 Å². The number of nitrogens with one attached hydrogen (secondary N) is 1. The van der Waals surface area contributed by atoms with E-state index in [-0.39, 0.29) is 0 Å². The summed E-state index contributed by atoms with van der Waals surface area (Å²) in [5.41, 5.74) is 1.37. The van der Waals surface area contributed by atoms with Gasteiger partial charge in [0.05, 0.1) is 0 Å². The van der Waals surface area contributed by atoms with Gasteiger partial charge in [-0.3, -0.25) is 4.21 Å². The zero-order chi connectivity index (χ0) is 11.4. The third kappa shape index (κ3) is 4.05. The molecule has 0 aliphatic carbocycles. The first-order valence-corrected chi connectivity index (χ1v) is 7.65. The summed E-state index contributed by atoms with van der Waals surface area (Å²) in [7, 11) is -0.698. The molecular weight excluding hydrogens is 226 g/mol. The minimum atomic E-state index is -0.698. The molecule has 4 heteroatoms. The van der Waals surface area contributed by atoms with Crippen molar-refractivity contribution in [1.29, 1.82) is 0 Å². The normalized spacial score (nSPS) is 15.2. The maximum Gasteiger partial charge on any atom is 0.0357 e. The molecule has 0 amide bonds. The van der Waals surface area contributed by atoms with E-state index in [1.54, 1.807) is 6.26 Å². The molecule has 0 fully saturated rings. The molecule has 2 nitrogen and oxygen atoms in total. The standard InChI is InChI=1S/C11H19NOS2/c1-8-7-11(10(3)14-8)9(2)12-5-6-15(4)13/h7,9,12H,5-6H2,1-4H3. The first-order valence-electron chi connectivity index (χ1n) is 5.11. The van der Waals surface area contributed by atoms with Gasteiger partial charge in [0.15, 0.2) is 0 Å². The van der Waals surface area contributed by atoms with Crippen molar-refractivity contribution in [3.63, 3.8) is 0 Å². The Morgan fingerprint density at radius 3 is 2.67 bits per heavy atom. The van der Waals surface area contributed by atoms with Gasteiger partial charge in [-0.25, -0.2) is 0 Å². The quantitative estimate of drug-likeness (QED) is 0.863. The molecule has 1 heterocycles. The maximum absolute atomic E-state index is 10.9. The SMILES string of the molecule is Cc1cc(C(C)NCCS(C)=O)c(C)s1. The van der Waals surface area contributed by atoms with Crippen LogP contribution in [-0.4, -0.2) is 22.8 Å². The summed E-state index contributed by atoms with van der Waals surface area (Å²) < 4.78 is 10.9. The third-order valence-corrected chi connectivity index (χ3v) is 4.15. The Morgan fingerprint density at radius 1 is 1.53 bits per heavy atom. The number of thiophene rings is 1. The molecular formula is C11H19NOS2. The Labute approximate surface area is 98.6 Å². The molecule has 0 saturated heterocycles. The van der Waals surface area contributed by atoms with Crippen LogP contribution in [0.25, 0.3) is 0 Å². The van der Waals surface area contributed by atoms with Crippen molar-refractivity contribution in [2.75, 3.05) is 18.6 Å². The second-order valence-corrected chi connectivity index (χ2v) is 6.84. The Balaban J connectivity index is 2.50. The summed E-state index contributed by atoms with van der Waals surface area (Å²) in [6.07, 6.45) is 1.74. The van der Waals surface area contributed by atoms with Gasteiger partial charge in [-0.1, -0.05) is 0 Å². The zero-order valence-corrected chi connectivity index (χ0v) is 11.4. The summed E-state index contributed by atoms with van der Waals surface area (Å²) in [6, 6.07) is 2.60. The molecule has 0 saturated carbocycles. The van der Waals surface area contributed by atoms with Gasteiger partial charge in [-0.05, 0) is 32.4 Å². The summed E-state index contributed by atoms with van der Waals surface area (Å²) in [6.45, 7) is 7.27. The summed E-state index contributed by atoms with van der Waals surface area (Å²) in [4.78, 5) is 2.74. The fourth-order valence-corrected chi connectivity index (χ4v) is 3.04. The van der Waals surface area contributed by atoms with Crippen molar-refractivity contribution in [1.82, 2.24) is 5.32 Å². The van der Waals surface area contributed by atoms with E-state index in [2.05, 4.69) is 32.2 Å². The highest BCUT2D eigenvalue weighted by atomic mass is 32.2. The van der Waals surface area contributed by atoms with Crippen LogP contribution in [0.1, 0.15) is 28.3 Å². The Morgan fingerprint density at radius 2 is 2.20 bits per heavy atom. The molecule has 86 valence electrons. The number of rotatable bonds is 5. The maximum atomic E-state index is 10.9. The van der Waals surface area contributed by atoms with E-state index in [0.29, 0.717) is 6.04 Å². The fourth-order valence-electron chi connectivity index (χ4n) is 1.61. The van der Waals surface area contributed by atoms with Crippen molar-refractivity contribution in [3.8, 4) is 0 Å². The summed E-state index contributed by atoms with van der Waals surface area (Å²) >= 11 is 1.84. The molecule has 2 atom stereocenters. The highest BCUT2D eigenvalue weighted by molar-refractivity contribution is 7.84. The lowest BCUT2D eigenvalue weighted by atomic mass is 10.1. The molecule has 1 aromatic heterocycles. The molecule has 2 unspecified atom stereocenters. The van der Waals surface area contributed by atoms with Crippen LogP contribution in [-0.2, 0) is 10.8 Å². The van der Waals surface area contributed by atoms with Crippen molar-refractivity contribution < 1.29 is 4.21 Å². The molecule has 0 bridgehead atoms. The van der Waals surface area contributed by atoms with Crippen LogP contribution in [0, 0.1) is 13.8 Å². The van der Waals surface area contributed by atoms with Crippen LogP contribution >= 0.6 is 11.3 Å². The lowest BCUT2D eigenvalue weighted by Gasteiger charge is -2.13. The molecule has 15 heavy (non-hydrogen) atoms. The van der Waals surface area contributed by atoms with Gasteiger partial charge in [0.25, 0.3) is 0 Å². The van der Waals surface area contributed by atoms with E-state index in [1.807, 2.05) is 11.3 Å². The van der Waals surface area contributed by atoms with Crippen LogP contribution in [0.5, 0.6) is 0 Å². The van der Waals surface area contributed by atoms with Crippen molar-refractivity contribution >= 4 is 22.1 Å². The van der Waals surface area contributed by atoms with Crippen LogP contribution in [0.3, 0.4) is 0 Å². The second kappa shape index (κ2) is 5.77. The highest BCUT2D eigenvalue weighted by Gasteiger charge is 2.10. The summed E-state index contributed by atoms with van der Waals surface area (Å²) in [5.74, 6) is 0.729. The average molecular weight is 245 g/mol. The van der Waals surface area contributed by atoms with E-state index in [0.717, 1.165) is 12.3 Å². The number of aryl methyl sites for hydroxylation is 2. The Hall–Kier alpha value is -0.190. The Bertz CT molecular complexity index is 346. The lowest BCUT2D eigenvalue weighted by Crippen LogP contribution is -2.23. The van der Waals surface area contributed by atoms with Gasteiger partial charge in [-0.2, -0.15) is 0 Å². The average Bonchev–Trinajstić information content (AvgIpc) is 2.44. The largest absolute Gasteiger partial charge is 0.309 e. The predicted octanol–water partition coefficient (Wildman–Crippen LogP) is 2.39. The van der Waals surface area contributed by atoms with Gasteiger partial charge in [0.2, 0.25) is 0 Å². The molecule has 1 rings (SSSR count). The van der Waals surface area contributed by atoms with E-state index in [9.17, 15) is 4.21 Å². The molecule has 0 aliphatic heterocycles. The van der Waals surface area contributed by atoms with E-state index < -0.39 is 10.8 Å². The molecule has 0 radical (unpaired) electrons. The lowest BCUT2D eigenvalue weighted by molar-refractivity contribution is 0.596. The molecule has 0 aliphatic rings. The minimum Gasteiger partial charge on any atom is -0.309 e. The Kier molecular flexibility index (Phi) is 4.96. The molecule has 0 spiro atoms. The van der Waals surface area contributed by atoms with Gasteiger partial charge >= 0.3 is 0 Å². The van der Waals surface area contributed by atoms with E-state index in [4.69, 9.17) is 0 Å². The van der Waals surface area contributed by atoms with Crippen molar-refractivity contribution in [2.45, 2.75) is 26.8 Å². The fraction of sp³-hybridized carbons (Fsp3) is 0.636. The molecule has 0 aromatic carbocycles. The van der Waals surface area contributed by atoms with E-state index in [1.165, 1.54) is 15.3 Å². The zero-order valence-electron chi connectivity index (χ0n) is 9.79. The van der Waals surface area contributed by atoms with Gasteiger partial charge in [0.1, 0.15) is 0 Å². The monoisotopic (exact) mass is 245 g/mol. The first kappa shape index (κ1) is 12.9. The van der Waals surface area contributed by atoms with Crippen LogP contribution in [0.4, 0.5) is 0 Å². The van der Waals surface area contributed by atoms with Gasteiger partial charge in [0, 0.05) is 45.1 Å². The number of hydrogen-bond donors (Lipinski definition) is 1. The summed E-state index contributed by atoms with van der Waals surface area (Å²) in [5, 5.41) is 3.40. The predicted molar refractivity (Wildman–Crippen MR) is 69.1 cm³/mol. The number of hydrogen-bond acceptors (Lipinski definition) is 3. The first-order chi connectivity index (χ1) is 7.00. The highest BCUT2D eigenvalue weighted by Crippen LogP contribution is 2.25. The van der Waals surface area contributed by atoms with Crippen molar-refractivity contribution in [3.05, 3.63) is 21.4 Å². The van der Waals surface area contributed by atoms with Crippen LogP contribution < -0.4 is 5.32 Å². The van der Waals surface area contributed by atoms with Gasteiger partial charge in [-0.15, -0.1) is 11.3 Å². The van der Waals surface area contributed by atoms with Crippen molar-refractivity contribution in [2.24, 2.45) is 0 Å². The second-order valence-electron chi connectivity index (χ2n) is 3.82. The molecule has 1 N–H and O–H groups in total. The smallest absolute Gasteiger partial charge is 0.0357 e. The third-order valence-electron chi connectivity index (χ3n) is 2.39. The van der Waals surface area contributed by atoms with Crippen LogP contribution in [0.15, 0.2) is 6.07 Å².